The van der Waals surface area contributed by atoms with Crippen molar-refractivity contribution < 1.29 is 17.5 Å². The van der Waals surface area contributed by atoms with Gasteiger partial charge in [-0.1, -0.05) is 0 Å². The summed E-state index contributed by atoms with van der Waals surface area (Å²) in [6, 6.07) is 3.35. The van der Waals surface area contributed by atoms with Gasteiger partial charge in [-0.3, -0.25) is 0 Å². The summed E-state index contributed by atoms with van der Waals surface area (Å²) in [6.07, 6.45) is 1.49. The molecule has 7 heteroatoms. The standard InChI is InChI=1S/C13H19FN2O3S/c1-16-7-5-11(6-8-16)15-20(17,18)13-9-10(14)3-4-12(13)19-2/h3-4,9,11,15H,5-8H2,1-2H3. The van der Waals surface area contributed by atoms with Crippen LogP contribution in [0.1, 0.15) is 12.8 Å². The van der Waals surface area contributed by atoms with Crippen LogP contribution in [-0.4, -0.2) is 46.6 Å². The Labute approximate surface area is 118 Å². The summed E-state index contributed by atoms with van der Waals surface area (Å²) in [5.41, 5.74) is 0. The summed E-state index contributed by atoms with van der Waals surface area (Å²) >= 11 is 0. The lowest BCUT2D eigenvalue weighted by Gasteiger charge is -2.29. The zero-order valence-corrected chi connectivity index (χ0v) is 12.4. The van der Waals surface area contributed by atoms with Gasteiger partial charge in [-0.2, -0.15) is 0 Å². The molecule has 5 nitrogen and oxygen atoms in total. The summed E-state index contributed by atoms with van der Waals surface area (Å²) in [5, 5.41) is 0. The van der Waals surface area contributed by atoms with Crippen LogP contribution in [0, 0.1) is 5.82 Å². The number of sulfonamides is 1. The molecular weight excluding hydrogens is 283 g/mol. The Morgan fingerprint density at radius 2 is 2.00 bits per heavy atom. The summed E-state index contributed by atoms with van der Waals surface area (Å²) in [5.74, 6) is -0.457. The van der Waals surface area contributed by atoms with Crippen molar-refractivity contribution in [3.63, 3.8) is 0 Å². The zero-order chi connectivity index (χ0) is 14.8. The average molecular weight is 302 g/mol. The largest absolute Gasteiger partial charge is 0.495 e. The number of hydrogen-bond acceptors (Lipinski definition) is 4. The van der Waals surface area contributed by atoms with Gasteiger partial charge < -0.3 is 9.64 Å². The normalized spacial score (nSPS) is 18.1. The fraction of sp³-hybridized carbons (Fsp3) is 0.538. The Hall–Kier alpha value is -1.18. The van der Waals surface area contributed by atoms with Gasteiger partial charge in [0.15, 0.2) is 0 Å². The third kappa shape index (κ3) is 3.47. The lowest BCUT2D eigenvalue weighted by molar-refractivity contribution is 0.248. The Balaban J connectivity index is 2.20. The van der Waals surface area contributed by atoms with E-state index in [9.17, 15) is 12.8 Å². The SMILES string of the molecule is COc1ccc(F)cc1S(=O)(=O)NC1CCN(C)CC1. The van der Waals surface area contributed by atoms with Gasteiger partial charge >= 0.3 is 0 Å². The molecule has 1 aromatic rings. The Morgan fingerprint density at radius 1 is 1.35 bits per heavy atom. The highest BCUT2D eigenvalue weighted by molar-refractivity contribution is 7.89. The van der Waals surface area contributed by atoms with Gasteiger partial charge in [-0.05, 0) is 51.2 Å². The molecule has 1 aromatic carbocycles. The van der Waals surface area contributed by atoms with Gasteiger partial charge in [0.2, 0.25) is 10.0 Å². The number of nitrogens with one attached hydrogen (secondary N) is 1. The summed E-state index contributed by atoms with van der Waals surface area (Å²) < 4.78 is 45.6. The molecule has 1 saturated heterocycles. The van der Waals surface area contributed by atoms with E-state index in [2.05, 4.69) is 9.62 Å². The molecule has 0 radical (unpaired) electrons. The van der Waals surface area contributed by atoms with E-state index >= 15 is 0 Å². The first-order valence-electron chi connectivity index (χ1n) is 6.47. The van der Waals surface area contributed by atoms with Crippen molar-refractivity contribution in [2.75, 3.05) is 27.2 Å². The highest BCUT2D eigenvalue weighted by atomic mass is 32.2. The third-order valence-electron chi connectivity index (χ3n) is 3.46. The highest BCUT2D eigenvalue weighted by Gasteiger charge is 2.26. The number of methoxy groups -OCH3 is 1. The average Bonchev–Trinajstić information content (AvgIpc) is 2.41. The van der Waals surface area contributed by atoms with E-state index in [0.29, 0.717) is 0 Å². The predicted octanol–water partition coefficient (Wildman–Crippen LogP) is 1.21. The van der Waals surface area contributed by atoms with E-state index in [-0.39, 0.29) is 16.7 Å². The highest BCUT2D eigenvalue weighted by Crippen LogP contribution is 2.25. The van der Waals surface area contributed by atoms with Crippen molar-refractivity contribution in [3.8, 4) is 5.75 Å². The number of rotatable bonds is 4. The van der Waals surface area contributed by atoms with Crippen molar-refractivity contribution in [2.24, 2.45) is 0 Å². The topological polar surface area (TPSA) is 58.6 Å². The molecule has 0 bridgehead atoms. The van der Waals surface area contributed by atoms with Crippen molar-refractivity contribution in [1.29, 1.82) is 0 Å². The molecule has 0 unspecified atom stereocenters. The second kappa shape index (κ2) is 6.07. The molecule has 0 aliphatic carbocycles. The molecule has 0 aromatic heterocycles. The molecule has 20 heavy (non-hydrogen) atoms. The minimum atomic E-state index is -3.78. The summed E-state index contributed by atoms with van der Waals surface area (Å²) in [4.78, 5) is 1.99. The number of piperidine rings is 1. The van der Waals surface area contributed by atoms with Crippen LogP contribution in [0.25, 0.3) is 0 Å². The molecule has 0 amide bonds. The quantitative estimate of drug-likeness (QED) is 0.908. The first kappa shape index (κ1) is 15.2. The van der Waals surface area contributed by atoms with E-state index in [1.54, 1.807) is 0 Å². The molecule has 2 rings (SSSR count). The Kier molecular flexibility index (Phi) is 4.62. The van der Waals surface area contributed by atoms with Crippen molar-refractivity contribution >= 4 is 10.0 Å². The number of nitrogens with zero attached hydrogens (tertiary/aromatic N) is 1. The van der Waals surface area contributed by atoms with Gasteiger partial charge in [0.1, 0.15) is 16.5 Å². The van der Waals surface area contributed by atoms with Crippen LogP contribution in [0.15, 0.2) is 23.1 Å². The van der Waals surface area contributed by atoms with Crippen LogP contribution in [0.3, 0.4) is 0 Å². The predicted molar refractivity (Wildman–Crippen MR) is 73.8 cm³/mol. The van der Waals surface area contributed by atoms with Crippen LogP contribution in [0.4, 0.5) is 4.39 Å². The zero-order valence-electron chi connectivity index (χ0n) is 11.6. The number of hydrogen-bond donors (Lipinski definition) is 1. The maximum absolute atomic E-state index is 13.3. The molecule has 0 atom stereocenters. The van der Waals surface area contributed by atoms with E-state index < -0.39 is 15.8 Å². The lowest BCUT2D eigenvalue weighted by Crippen LogP contribution is -2.43. The van der Waals surface area contributed by atoms with Gasteiger partial charge in [0.25, 0.3) is 0 Å². The summed E-state index contributed by atoms with van der Waals surface area (Å²) in [7, 11) is -0.413. The first-order valence-corrected chi connectivity index (χ1v) is 7.95. The van der Waals surface area contributed by atoms with E-state index in [1.165, 1.54) is 19.2 Å². The molecule has 1 N–H and O–H groups in total. The minimum absolute atomic E-state index is 0.121. The number of benzene rings is 1. The Bertz CT molecular complexity index is 569. The lowest BCUT2D eigenvalue weighted by atomic mass is 10.1. The van der Waals surface area contributed by atoms with Crippen LogP contribution in [0.5, 0.6) is 5.75 Å². The minimum Gasteiger partial charge on any atom is -0.495 e. The molecule has 112 valence electrons. The fourth-order valence-electron chi connectivity index (χ4n) is 2.27. The molecule has 1 heterocycles. The van der Waals surface area contributed by atoms with Crippen LogP contribution in [-0.2, 0) is 10.0 Å². The molecule has 1 aliphatic rings. The van der Waals surface area contributed by atoms with Crippen molar-refractivity contribution in [2.45, 2.75) is 23.8 Å². The molecule has 0 spiro atoms. The van der Waals surface area contributed by atoms with Gasteiger partial charge in [-0.15, -0.1) is 0 Å². The maximum atomic E-state index is 13.3. The number of ether oxygens (including phenoxy) is 1. The number of likely N-dealkylation sites (tertiary alicyclic amines) is 1. The molecule has 1 fully saturated rings. The smallest absolute Gasteiger partial charge is 0.244 e. The summed E-state index contributed by atoms with van der Waals surface area (Å²) in [6.45, 7) is 1.68. The van der Waals surface area contributed by atoms with Crippen LogP contribution < -0.4 is 9.46 Å². The Morgan fingerprint density at radius 3 is 2.60 bits per heavy atom. The third-order valence-corrected chi connectivity index (χ3v) is 5.00. The fourth-order valence-corrected chi connectivity index (χ4v) is 3.76. The van der Waals surface area contributed by atoms with Crippen molar-refractivity contribution in [1.82, 2.24) is 9.62 Å². The van der Waals surface area contributed by atoms with Gasteiger partial charge in [0, 0.05) is 6.04 Å². The molecular formula is C13H19FN2O3S. The van der Waals surface area contributed by atoms with Crippen LogP contribution in [0.2, 0.25) is 0 Å². The van der Waals surface area contributed by atoms with Gasteiger partial charge in [-0.25, -0.2) is 17.5 Å². The van der Waals surface area contributed by atoms with Crippen molar-refractivity contribution in [3.05, 3.63) is 24.0 Å². The molecule has 1 aliphatic heterocycles. The maximum Gasteiger partial charge on any atom is 0.244 e. The van der Waals surface area contributed by atoms with Gasteiger partial charge in [0.05, 0.1) is 7.11 Å². The number of halogens is 1. The second-order valence-electron chi connectivity index (χ2n) is 4.99. The monoisotopic (exact) mass is 302 g/mol. The van der Waals surface area contributed by atoms with E-state index in [4.69, 9.17) is 4.74 Å². The van der Waals surface area contributed by atoms with Crippen LogP contribution >= 0.6 is 0 Å². The molecule has 0 saturated carbocycles. The van der Waals surface area contributed by atoms with E-state index in [0.717, 1.165) is 32.0 Å². The first-order chi connectivity index (χ1) is 9.42. The van der Waals surface area contributed by atoms with E-state index in [1.807, 2.05) is 7.05 Å². The second-order valence-corrected chi connectivity index (χ2v) is 6.68.